The average molecular weight is 528 g/mol. The van der Waals surface area contributed by atoms with Crippen LogP contribution in [0.25, 0.3) is 0 Å². The van der Waals surface area contributed by atoms with Gasteiger partial charge < -0.3 is 10.1 Å². The molecule has 4 aromatic rings. The first-order chi connectivity index (χ1) is 18.1. The van der Waals surface area contributed by atoms with Crippen molar-refractivity contribution >= 4 is 40.0 Å². The molecule has 188 valence electrons. The second-order valence-electron chi connectivity index (χ2n) is 8.99. The molecular formula is C31H29NO3S2. The molecule has 0 aliphatic heterocycles. The monoisotopic (exact) mass is 527 g/mol. The van der Waals surface area contributed by atoms with Crippen molar-refractivity contribution in [2.75, 3.05) is 11.9 Å². The molecule has 1 aromatic heterocycles. The lowest BCUT2D eigenvalue weighted by molar-refractivity contribution is -0.115. The molecule has 1 N–H and O–H groups in total. The number of amides is 1. The molecule has 0 spiro atoms. The van der Waals surface area contributed by atoms with E-state index in [-0.39, 0.29) is 11.9 Å². The molecule has 6 heteroatoms. The lowest BCUT2D eigenvalue weighted by atomic mass is 9.83. The number of thiophene rings is 1. The summed E-state index contributed by atoms with van der Waals surface area (Å²) in [4.78, 5) is 29.0. The fourth-order valence-corrected chi connectivity index (χ4v) is 7.18. The number of anilines is 1. The van der Waals surface area contributed by atoms with Gasteiger partial charge in [0.25, 0.3) is 0 Å². The first-order valence-corrected chi connectivity index (χ1v) is 14.3. The van der Waals surface area contributed by atoms with Crippen molar-refractivity contribution in [1.29, 1.82) is 0 Å². The Morgan fingerprint density at radius 1 is 0.973 bits per heavy atom. The predicted octanol–water partition coefficient (Wildman–Crippen LogP) is 7.67. The van der Waals surface area contributed by atoms with Crippen molar-refractivity contribution in [3.05, 3.63) is 118 Å². The number of ether oxygens (including phenoxy) is 1. The predicted molar refractivity (Wildman–Crippen MR) is 152 cm³/mol. The van der Waals surface area contributed by atoms with Crippen molar-refractivity contribution in [1.82, 2.24) is 0 Å². The van der Waals surface area contributed by atoms with E-state index in [2.05, 4.69) is 29.6 Å². The van der Waals surface area contributed by atoms with Gasteiger partial charge >= 0.3 is 5.97 Å². The minimum Gasteiger partial charge on any atom is -0.462 e. The second-order valence-corrected chi connectivity index (χ2v) is 11.3. The number of carbonyl (C=O) groups excluding carboxylic acids is 2. The lowest BCUT2D eigenvalue weighted by Crippen LogP contribution is -2.20. The van der Waals surface area contributed by atoms with E-state index < -0.39 is 5.25 Å². The van der Waals surface area contributed by atoms with Gasteiger partial charge in [0.2, 0.25) is 5.91 Å². The molecule has 1 heterocycles. The summed E-state index contributed by atoms with van der Waals surface area (Å²) in [6.45, 7) is 2.10. The number of thioether (sulfide) groups is 1. The summed E-state index contributed by atoms with van der Waals surface area (Å²) in [5.41, 5.74) is 3.78. The Balaban J connectivity index is 1.46. The molecule has 3 aromatic carbocycles. The number of fused-ring (bicyclic) bond motifs is 1. The number of carbonyl (C=O) groups is 2. The largest absolute Gasteiger partial charge is 0.462 e. The zero-order valence-electron chi connectivity index (χ0n) is 20.7. The molecule has 4 nitrogen and oxygen atoms in total. The maximum atomic E-state index is 13.8. The van der Waals surface area contributed by atoms with Gasteiger partial charge in [-0.15, -0.1) is 23.1 Å². The van der Waals surface area contributed by atoms with Gasteiger partial charge in [-0.25, -0.2) is 4.79 Å². The summed E-state index contributed by atoms with van der Waals surface area (Å²) in [6, 6.07) is 30.2. The van der Waals surface area contributed by atoms with Crippen LogP contribution in [0, 0.1) is 0 Å². The van der Waals surface area contributed by atoms with Gasteiger partial charge in [-0.3, -0.25) is 4.79 Å². The Bertz CT molecular complexity index is 1350. The molecular weight excluding hydrogens is 498 g/mol. The van der Waals surface area contributed by atoms with Gasteiger partial charge in [-0.2, -0.15) is 0 Å². The van der Waals surface area contributed by atoms with E-state index in [0.29, 0.717) is 23.1 Å². The van der Waals surface area contributed by atoms with Gasteiger partial charge in [-0.05, 0) is 60.9 Å². The van der Waals surface area contributed by atoms with Gasteiger partial charge in [0, 0.05) is 9.77 Å². The number of esters is 1. The minimum atomic E-state index is -0.463. The first-order valence-electron chi connectivity index (χ1n) is 12.6. The lowest BCUT2D eigenvalue weighted by Gasteiger charge is -2.23. The SMILES string of the molecule is CCOC(=O)c1c(NC(=O)[C@@H](Sc2ccccc2)c2ccccc2)sc2c1CC[C@H](c1ccccc1)C2. The van der Waals surface area contributed by atoms with Crippen LogP contribution in [0.3, 0.4) is 0 Å². The van der Waals surface area contributed by atoms with Crippen molar-refractivity contribution in [2.45, 2.75) is 42.2 Å². The van der Waals surface area contributed by atoms with Crippen LogP contribution in [0.1, 0.15) is 56.4 Å². The van der Waals surface area contributed by atoms with E-state index >= 15 is 0 Å². The molecule has 0 saturated heterocycles. The Morgan fingerprint density at radius 3 is 2.30 bits per heavy atom. The Labute approximate surface area is 226 Å². The van der Waals surface area contributed by atoms with Gasteiger partial charge in [0.05, 0.1) is 12.2 Å². The van der Waals surface area contributed by atoms with Crippen LogP contribution in [-0.2, 0) is 22.4 Å². The smallest absolute Gasteiger partial charge is 0.341 e. The van der Waals surface area contributed by atoms with E-state index in [1.807, 2.05) is 73.7 Å². The fourth-order valence-electron chi connectivity index (χ4n) is 4.82. The topological polar surface area (TPSA) is 55.4 Å². The number of hydrogen-bond acceptors (Lipinski definition) is 5. The summed E-state index contributed by atoms with van der Waals surface area (Å²) < 4.78 is 5.44. The van der Waals surface area contributed by atoms with Crippen LogP contribution >= 0.6 is 23.1 Å². The maximum absolute atomic E-state index is 13.8. The highest BCUT2D eigenvalue weighted by molar-refractivity contribution is 8.00. The molecule has 0 radical (unpaired) electrons. The minimum absolute atomic E-state index is 0.149. The third kappa shape index (κ3) is 5.81. The molecule has 1 aliphatic rings. The first kappa shape index (κ1) is 25.3. The third-order valence-electron chi connectivity index (χ3n) is 6.59. The van der Waals surface area contributed by atoms with Crippen LogP contribution in [0.4, 0.5) is 5.00 Å². The summed E-state index contributed by atoms with van der Waals surface area (Å²) in [5.74, 6) is -0.110. The maximum Gasteiger partial charge on any atom is 0.341 e. The number of benzene rings is 3. The van der Waals surface area contributed by atoms with Crippen molar-refractivity contribution in [3.63, 3.8) is 0 Å². The van der Waals surface area contributed by atoms with Crippen LogP contribution in [-0.4, -0.2) is 18.5 Å². The highest BCUT2D eigenvalue weighted by Gasteiger charge is 2.32. The molecule has 1 amide bonds. The quantitative estimate of drug-likeness (QED) is 0.189. The van der Waals surface area contributed by atoms with Gasteiger partial charge in [0.1, 0.15) is 10.3 Å². The second kappa shape index (κ2) is 11.8. The Kier molecular flexibility index (Phi) is 8.07. The molecule has 37 heavy (non-hydrogen) atoms. The van der Waals surface area contributed by atoms with Crippen molar-refractivity contribution < 1.29 is 14.3 Å². The zero-order chi connectivity index (χ0) is 25.6. The molecule has 0 bridgehead atoms. The standard InChI is InChI=1S/C31H29NO3S2/c1-2-35-31(34)27-25-19-18-23(21-12-6-3-7-13-21)20-26(25)37-30(27)32-29(33)28(22-14-8-4-9-15-22)36-24-16-10-5-11-17-24/h3-17,23,28H,2,18-20H2,1H3,(H,32,33)/t23-,28-/m0/s1. The van der Waals surface area contributed by atoms with Crippen molar-refractivity contribution in [3.8, 4) is 0 Å². The van der Waals surface area contributed by atoms with E-state index in [1.54, 1.807) is 0 Å². The van der Waals surface area contributed by atoms with Crippen LogP contribution in [0.15, 0.2) is 95.9 Å². The Hall–Kier alpha value is -3.35. The molecule has 2 atom stereocenters. The highest BCUT2D eigenvalue weighted by Crippen LogP contribution is 2.44. The van der Waals surface area contributed by atoms with Crippen LogP contribution < -0.4 is 5.32 Å². The number of rotatable bonds is 8. The van der Waals surface area contributed by atoms with E-state index in [1.165, 1.54) is 28.7 Å². The molecule has 0 fully saturated rings. The highest BCUT2D eigenvalue weighted by atomic mass is 32.2. The summed E-state index contributed by atoms with van der Waals surface area (Å²) in [5, 5.41) is 3.27. The molecule has 5 rings (SSSR count). The average Bonchev–Trinajstić information content (AvgIpc) is 3.30. The summed E-state index contributed by atoms with van der Waals surface area (Å²) in [6.07, 6.45) is 2.60. The van der Waals surface area contributed by atoms with Crippen LogP contribution in [0.5, 0.6) is 0 Å². The Morgan fingerprint density at radius 2 is 1.62 bits per heavy atom. The van der Waals surface area contributed by atoms with Crippen molar-refractivity contribution in [2.24, 2.45) is 0 Å². The summed E-state index contributed by atoms with van der Waals surface area (Å²) >= 11 is 3.02. The van der Waals surface area contributed by atoms with Gasteiger partial charge in [0.15, 0.2) is 0 Å². The van der Waals surface area contributed by atoms with E-state index in [9.17, 15) is 9.59 Å². The van der Waals surface area contributed by atoms with Crippen LogP contribution in [0.2, 0.25) is 0 Å². The van der Waals surface area contributed by atoms with E-state index in [4.69, 9.17) is 4.74 Å². The third-order valence-corrected chi connectivity index (χ3v) is 9.03. The molecule has 1 aliphatic carbocycles. The van der Waals surface area contributed by atoms with Gasteiger partial charge in [-0.1, -0.05) is 78.9 Å². The molecule has 0 unspecified atom stereocenters. The normalized spacial score (nSPS) is 15.4. The fraction of sp³-hybridized carbons (Fsp3) is 0.226. The molecule has 0 saturated carbocycles. The zero-order valence-corrected chi connectivity index (χ0v) is 22.3. The number of nitrogens with one attached hydrogen (secondary N) is 1. The van der Waals surface area contributed by atoms with E-state index in [0.717, 1.165) is 40.2 Å². The number of hydrogen-bond donors (Lipinski definition) is 1. The summed E-state index contributed by atoms with van der Waals surface area (Å²) in [7, 11) is 0.